The Morgan fingerprint density at radius 3 is 2.58 bits per heavy atom. The van der Waals surface area contributed by atoms with Crippen molar-refractivity contribution < 1.29 is 26.8 Å². The third-order valence-corrected chi connectivity index (χ3v) is 6.34. The van der Waals surface area contributed by atoms with Gasteiger partial charge in [0.15, 0.2) is 5.82 Å². The number of halogens is 2. The fraction of sp³-hybridized carbons (Fsp3) is 0.238. The summed E-state index contributed by atoms with van der Waals surface area (Å²) in [6, 6.07) is 8.85. The summed E-state index contributed by atoms with van der Waals surface area (Å²) in [7, 11) is 0.351. The maximum absolute atomic E-state index is 15.0. The van der Waals surface area contributed by atoms with Gasteiger partial charge < -0.3 is 14.1 Å². The summed E-state index contributed by atoms with van der Waals surface area (Å²) in [5, 5.41) is 0.855. The van der Waals surface area contributed by atoms with Crippen LogP contribution in [0, 0.1) is 5.82 Å². The highest BCUT2D eigenvalue weighted by atomic mass is 79.9. The predicted octanol–water partition coefficient (Wildman–Crippen LogP) is 3.35. The molecule has 0 fully saturated rings. The number of fused-ring (bicyclic) bond motifs is 1. The lowest BCUT2D eigenvalue weighted by Crippen LogP contribution is -2.27. The lowest BCUT2D eigenvalue weighted by atomic mass is 9.99. The first-order valence-corrected chi connectivity index (χ1v) is 12.2. The number of alkyl halides is 1. The van der Waals surface area contributed by atoms with Gasteiger partial charge in [0.2, 0.25) is 0 Å². The Hall–Kier alpha value is -2.96. The Kier molecular flexibility index (Phi) is 7.40. The van der Waals surface area contributed by atoms with Crippen molar-refractivity contribution in [1.29, 1.82) is 0 Å². The molecule has 3 aromatic rings. The lowest BCUT2D eigenvalue weighted by Gasteiger charge is -2.14. The molecule has 0 bridgehead atoms. The van der Waals surface area contributed by atoms with Crippen LogP contribution in [0.1, 0.15) is 16.7 Å². The van der Waals surface area contributed by atoms with Gasteiger partial charge in [-0.25, -0.2) is 18.7 Å². The van der Waals surface area contributed by atoms with Crippen LogP contribution < -0.4 is 19.8 Å². The Balaban J connectivity index is 2.03. The van der Waals surface area contributed by atoms with Crippen LogP contribution in [-0.4, -0.2) is 40.6 Å². The van der Waals surface area contributed by atoms with E-state index < -0.39 is 27.7 Å². The third-order valence-electron chi connectivity index (χ3n) is 4.75. The number of anilines is 1. The van der Waals surface area contributed by atoms with Crippen LogP contribution in [0.3, 0.4) is 0 Å². The van der Waals surface area contributed by atoms with Crippen molar-refractivity contribution in [2.45, 2.75) is 11.8 Å². The van der Waals surface area contributed by atoms with Gasteiger partial charge in [-0.3, -0.25) is 4.72 Å². The van der Waals surface area contributed by atoms with Gasteiger partial charge in [-0.1, -0.05) is 28.1 Å². The first kappa shape index (κ1) is 24.7. The smallest absolute Gasteiger partial charge is 0.414 e. The second-order valence-corrected chi connectivity index (χ2v) is 9.35. The van der Waals surface area contributed by atoms with Gasteiger partial charge >= 0.3 is 11.7 Å². The molecule has 0 atom stereocenters. The van der Waals surface area contributed by atoms with E-state index in [2.05, 4.69) is 20.7 Å². The SMILES string of the molecule is CNS(=O)(=O)Nc1cccc(Cc2c(CBr)c3ccc(OC(=O)N(C)C)cc3oc2=O)c1F. The van der Waals surface area contributed by atoms with E-state index in [1.54, 1.807) is 12.1 Å². The van der Waals surface area contributed by atoms with Crippen molar-refractivity contribution in [2.24, 2.45) is 0 Å². The number of nitrogens with one attached hydrogen (secondary N) is 2. The minimum absolute atomic E-state index is 0.108. The number of nitrogens with zero attached hydrogens (tertiary/aromatic N) is 1. The van der Waals surface area contributed by atoms with Crippen LogP contribution >= 0.6 is 15.9 Å². The number of benzene rings is 2. The van der Waals surface area contributed by atoms with Gasteiger partial charge in [0.25, 0.3) is 10.2 Å². The van der Waals surface area contributed by atoms with Crippen LogP contribution in [0.15, 0.2) is 45.6 Å². The lowest BCUT2D eigenvalue weighted by molar-refractivity contribution is 0.172. The molecule has 2 N–H and O–H groups in total. The van der Waals surface area contributed by atoms with E-state index in [1.807, 2.05) is 4.72 Å². The molecule has 0 aliphatic rings. The molecule has 0 aliphatic carbocycles. The molecule has 1 heterocycles. The molecule has 1 amide bonds. The Labute approximate surface area is 197 Å². The molecule has 0 saturated heterocycles. The van der Waals surface area contributed by atoms with Gasteiger partial charge in [0.05, 0.1) is 5.69 Å². The van der Waals surface area contributed by atoms with Crippen molar-refractivity contribution in [3.8, 4) is 5.75 Å². The fourth-order valence-corrected chi connectivity index (χ4v) is 4.24. The molecule has 9 nitrogen and oxygen atoms in total. The van der Waals surface area contributed by atoms with E-state index >= 15 is 0 Å². The first-order chi connectivity index (χ1) is 15.6. The second-order valence-electron chi connectivity index (χ2n) is 7.17. The molecule has 0 radical (unpaired) electrons. The second kappa shape index (κ2) is 9.89. The molecule has 3 rings (SSSR count). The Bertz CT molecular complexity index is 1370. The van der Waals surface area contributed by atoms with E-state index in [0.29, 0.717) is 10.9 Å². The molecular weight excluding hydrogens is 521 g/mol. The fourth-order valence-electron chi connectivity index (χ4n) is 3.05. The third kappa shape index (κ3) is 5.52. The first-order valence-electron chi connectivity index (χ1n) is 9.58. The molecule has 33 heavy (non-hydrogen) atoms. The molecule has 0 unspecified atom stereocenters. The monoisotopic (exact) mass is 541 g/mol. The Morgan fingerprint density at radius 1 is 1.21 bits per heavy atom. The number of hydrogen-bond donors (Lipinski definition) is 2. The van der Waals surface area contributed by atoms with Crippen molar-refractivity contribution in [3.63, 3.8) is 0 Å². The van der Waals surface area contributed by atoms with E-state index in [4.69, 9.17) is 9.15 Å². The number of hydrogen-bond acceptors (Lipinski definition) is 6. The summed E-state index contributed by atoms with van der Waals surface area (Å²) in [6.07, 6.45) is -0.712. The summed E-state index contributed by atoms with van der Waals surface area (Å²) in [5.41, 5.74) is 0.167. The number of carbonyl (C=O) groups is 1. The summed E-state index contributed by atoms with van der Waals surface area (Å²) in [6.45, 7) is 0. The maximum atomic E-state index is 15.0. The van der Waals surface area contributed by atoms with Gasteiger partial charge in [0, 0.05) is 49.9 Å². The van der Waals surface area contributed by atoms with Gasteiger partial charge in [0.1, 0.15) is 11.3 Å². The molecule has 12 heteroatoms. The molecule has 0 spiro atoms. The number of rotatable bonds is 7. The van der Waals surface area contributed by atoms with E-state index in [-0.39, 0.29) is 39.9 Å². The normalized spacial score (nSPS) is 11.4. The van der Waals surface area contributed by atoms with E-state index in [1.165, 1.54) is 50.3 Å². The highest BCUT2D eigenvalue weighted by Crippen LogP contribution is 2.29. The average Bonchev–Trinajstić information content (AvgIpc) is 2.76. The zero-order valence-electron chi connectivity index (χ0n) is 17.9. The summed E-state index contributed by atoms with van der Waals surface area (Å²) in [4.78, 5) is 25.8. The largest absolute Gasteiger partial charge is 0.422 e. The van der Waals surface area contributed by atoms with Crippen molar-refractivity contribution in [3.05, 3.63) is 69.3 Å². The van der Waals surface area contributed by atoms with E-state index in [9.17, 15) is 22.4 Å². The number of amides is 1. The van der Waals surface area contributed by atoms with Crippen molar-refractivity contribution in [1.82, 2.24) is 9.62 Å². The molecule has 0 aliphatic heterocycles. The van der Waals surface area contributed by atoms with E-state index in [0.717, 1.165) is 0 Å². The van der Waals surface area contributed by atoms with Crippen LogP contribution in [-0.2, 0) is 22.0 Å². The Morgan fingerprint density at radius 2 is 1.94 bits per heavy atom. The minimum atomic E-state index is -3.92. The van der Waals surface area contributed by atoms with Gasteiger partial charge in [-0.05, 0) is 29.3 Å². The topological polar surface area (TPSA) is 118 Å². The van der Waals surface area contributed by atoms with Crippen LogP contribution in [0.4, 0.5) is 14.9 Å². The van der Waals surface area contributed by atoms with Crippen LogP contribution in [0.5, 0.6) is 5.75 Å². The van der Waals surface area contributed by atoms with Crippen molar-refractivity contribution >= 4 is 48.9 Å². The number of carbonyl (C=O) groups excluding carboxylic acids is 1. The van der Waals surface area contributed by atoms with Crippen LogP contribution in [0.2, 0.25) is 0 Å². The summed E-state index contributed by atoms with van der Waals surface area (Å²) in [5.74, 6) is -0.601. The molecular formula is C21H21BrFN3O6S. The average molecular weight is 542 g/mol. The zero-order chi connectivity index (χ0) is 24.3. The molecule has 0 saturated carbocycles. The zero-order valence-corrected chi connectivity index (χ0v) is 20.3. The molecule has 1 aromatic heterocycles. The molecule has 176 valence electrons. The van der Waals surface area contributed by atoms with Gasteiger partial charge in [-0.15, -0.1) is 0 Å². The maximum Gasteiger partial charge on any atom is 0.414 e. The van der Waals surface area contributed by atoms with Crippen molar-refractivity contribution in [2.75, 3.05) is 25.9 Å². The quantitative estimate of drug-likeness (QED) is 0.349. The summed E-state index contributed by atoms with van der Waals surface area (Å²) < 4.78 is 53.2. The molecule has 2 aromatic carbocycles. The minimum Gasteiger partial charge on any atom is -0.422 e. The summed E-state index contributed by atoms with van der Waals surface area (Å²) >= 11 is 3.37. The number of ether oxygens (including phenoxy) is 1. The highest BCUT2D eigenvalue weighted by molar-refractivity contribution is 9.08. The standard InChI is InChI=1S/C21H21BrFN3O6S/c1-24-33(29,30)25-17-6-4-5-12(19(17)23)9-15-16(11-22)14-8-7-13(31-21(28)26(2)3)10-18(14)32-20(15)27/h4-8,10,24-25H,9,11H2,1-3H3. The predicted molar refractivity (Wildman–Crippen MR) is 126 cm³/mol. The highest BCUT2D eigenvalue weighted by Gasteiger charge is 2.19. The van der Waals surface area contributed by atoms with Crippen LogP contribution in [0.25, 0.3) is 11.0 Å². The van der Waals surface area contributed by atoms with Gasteiger partial charge in [-0.2, -0.15) is 8.42 Å².